The maximum Gasteiger partial charge on any atom is 0.387 e. The van der Waals surface area contributed by atoms with Gasteiger partial charge in [0.15, 0.2) is 0 Å². The number of methoxy groups -OCH3 is 2. The number of rotatable bonds is 6. The van der Waals surface area contributed by atoms with Gasteiger partial charge in [-0.15, -0.1) is 0 Å². The van der Waals surface area contributed by atoms with E-state index in [1.54, 1.807) is 6.07 Å². The third kappa shape index (κ3) is 4.48. The predicted molar refractivity (Wildman–Crippen MR) is 85.6 cm³/mol. The number of alkyl halides is 2. The highest BCUT2D eigenvalue weighted by Crippen LogP contribution is 2.29. The molecular weight excluding hydrogens is 344 g/mol. The first-order chi connectivity index (χ1) is 11.4. The summed E-state index contributed by atoms with van der Waals surface area (Å²) in [6.45, 7) is -2.98. The van der Waals surface area contributed by atoms with Crippen LogP contribution in [0.4, 0.5) is 14.5 Å². The fourth-order valence-corrected chi connectivity index (χ4v) is 2.14. The van der Waals surface area contributed by atoms with E-state index < -0.39 is 12.5 Å². The van der Waals surface area contributed by atoms with E-state index in [2.05, 4.69) is 10.1 Å². The average molecular weight is 358 g/mol. The van der Waals surface area contributed by atoms with Gasteiger partial charge in [0.1, 0.15) is 17.2 Å². The third-order valence-corrected chi connectivity index (χ3v) is 3.31. The first-order valence-corrected chi connectivity index (χ1v) is 7.09. The van der Waals surface area contributed by atoms with Crippen molar-refractivity contribution in [3.63, 3.8) is 0 Å². The first kappa shape index (κ1) is 17.8. The van der Waals surface area contributed by atoms with Gasteiger partial charge < -0.3 is 19.5 Å². The van der Waals surface area contributed by atoms with Gasteiger partial charge in [0, 0.05) is 17.3 Å². The quantitative estimate of drug-likeness (QED) is 0.841. The topological polar surface area (TPSA) is 56.8 Å². The maximum absolute atomic E-state index is 12.3. The Labute approximate surface area is 142 Å². The Hall–Kier alpha value is -2.54. The predicted octanol–water partition coefficient (Wildman–Crippen LogP) is 4.21. The van der Waals surface area contributed by atoms with Gasteiger partial charge in [0.25, 0.3) is 5.91 Å². The molecule has 0 aromatic heterocycles. The molecule has 0 bridgehead atoms. The Morgan fingerprint density at radius 2 is 1.71 bits per heavy atom. The molecule has 2 aromatic carbocycles. The number of benzene rings is 2. The second kappa shape index (κ2) is 7.83. The van der Waals surface area contributed by atoms with Crippen LogP contribution in [0.5, 0.6) is 17.2 Å². The molecular formula is C16H14ClF2NO4. The molecule has 0 spiro atoms. The first-order valence-electron chi connectivity index (χ1n) is 6.71. The van der Waals surface area contributed by atoms with Gasteiger partial charge in [0.05, 0.1) is 19.2 Å². The van der Waals surface area contributed by atoms with E-state index in [0.29, 0.717) is 22.7 Å². The molecule has 128 valence electrons. The van der Waals surface area contributed by atoms with Crippen molar-refractivity contribution in [1.82, 2.24) is 0 Å². The molecule has 0 fully saturated rings. The molecule has 2 rings (SSSR count). The average Bonchev–Trinajstić information content (AvgIpc) is 2.56. The zero-order chi connectivity index (χ0) is 17.7. The lowest BCUT2D eigenvalue weighted by Gasteiger charge is -2.11. The van der Waals surface area contributed by atoms with Crippen LogP contribution in [0.15, 0.2) is 36.4 Å². The lowest BCUT2D eigenvalue weighted by molar-refractivity contribution is -0.0497. The monoisotopic (exact) mass is 357 g/mol. The van der Waals surface area contributed by atoms with E-state index in [-0.39, 0.29) is 10.8 Å². The fourth-order valence-electron chi connectivity index (χ4n) is 1.91. The Bertz CT molecular complexity index is 718. The minimum atomic E-state index is -2.98. The molecule has 1 N–H and O–H groups in total. The highest BCUT2D eigenvalue weighted by molar-refractivity contribution is 6.32. The van der Waals surface area contributed by atoms with Crippen LogP contribution in [0.1, 0.15) is 10.4 Å². The smallest absolute Gasteiger partial charge is 0.387 e. The number of carbonyl (C=O) groups is 1. The molecule has 0 aliphatic rings. The SMILES string of the molecule is COc1cc(OC)cc(C(=O)Nc2ccc(OC(F)F)c(Cl)c2)c1. The van der Waals surface area contributed by atoms with Crippen LogP contribution in [-0.4, -0.2) is 26.7 Å². The van der Waals surface area contributed by atoms with E-state index >= 15 is 0 Å². The zero-order valence-electron chi connectivity index (χ0n) is 12.8. The number of ether oxygens (including phenoxy) is 3. The van der Waals surface area contributed by atoms with E-state index in [0.717, 1.165) is 0 Å². The van der Waals surface area contributed by atoms with Crippen molar-refractivity contribution >= 4 is 23.2 Å². The molecule has 0 saturated heterocycles. The normalized spacial score (nSPS) is 10.4. The van der Waals surface area contributed by atoms with E-state index in [1.807, 2.05) is 0 Å². The van der Waals surface area contributed by atoms with Crippen molar-refractivity contribution in [2.24, 2.45) is 0 Å². The summed E-state index contributed by atoms with van der Waals surface area (Å²) < 4.78 is 38.8. The molecule has 2 aromatic rings. The Kier molecular flexibility index (Phi) is 5.81. The van der Waals surface area contributed by atoms with Gasteiger partial charge in [-0.3, -0.25) is 4.79 Å². The highest BCUT2D eigenvalue weighted by atomic mass is 35.5. The second-order valence-electron chi connectivity index (χ2n) is 4.58. The number of carbonyl (C=O) groups excluding carboxylic acids is 1. The Morgan fingerprint density at radius 3 is 2.21 bits per heavy atom. The molecule has 24 heavy (non-hydrogen) atoms. The number of hydrogen-bond donors (Lipinski definition) is 1. The number of hydrogen-bond acceptors (Lipinski definition) is 4. The summed E-state index contributed by atoms with van der Waals surface area (Å²) in [4.78, 5) is 12.3. The molecule has 0 aliphatic heterocycles. The van der Waals surface area contributed by atoms with E-state index in [9.17, 15) is 13.6 Å². The molecule has 0 saturated carbocycles. The number of nitrogens with one attached hydrogen (secondary N) is 1. The van der Waals surface area contributed by atoms with Crippen molar-refractivity contribution < 1.29 is 27.8 Å². The van der Waals surface area contributed by atoms with Crippen molar-refractivity contribution in [3.8, 4) is 17.2 Å². The molecule has 0 unspecified atom stereocenters. The zero-order valence-corrected chi connectivity index (χ0v) is 13.6. The van der Waals surface area contributed by atoms with Crippen LogP contribution < -0.4 is 19.5 Å². The summed E-state index contributed by atoms with van der Waals surface area (Å²) in [6, 6.07) is 8.66. The van der Waals surface area contributed by atoms with Gasteiger partial charge in [-0.05, 0) is 30.3 Å². The van der Waals surface area contributed by atoms with Gasteiger partial charge in [-0.2, -0.15) is 8.78 Å². The summed E-state index contributed by atoms with van der Waals surface area (Å²) in [6.07, 6.45) is 0. The minimum Gasteiger partial charge on any atom is -0.497 e. The molecule has 0 heterocycles. The maximum atomic E-state index is 12.3. The largest absolute Gasteiger partial charge is 0.497 e. The van der Waals surface area contributed by atoms with E-state index in [1.165, 1.54) is 44.6 Å². The summed E-state index contributed by atoms with van der Waals surface area (Å²) >= 11 is 5.85. The number of halogens is 3. The molecule has 0 aliphatic carbocycles. The van der Waals surface area contributed by atoms with Crippen LogP contribution in [0.3, 0.4) is 0 Å². The van der Waals surface area contributed by atoms with Crippen LogP contribution in [0, 0.1) is 0 Å². The van der Waals surface area contributed by atoms with Gasteiger partial charge >= 0.3 is 6.61 Å². The van der Waals surface area contributed by atoms with Crippen molar-refractivity contribution in [2.75, 3.05) is 19.5 Å². The molecule has 5 nitrogen and oxygen atoms in total. The van der Waals surface area contributed by atoms with Crippen molar-refractivity contribution in [3.05, 3.63) is 47.0 Å². The minimum absolute atomic E-state index is 0.0451. The van der Waals surface area contributed by atoms with Crippen LogP contribution in [-0.2, 0) is 0 Å². The third-order valence-electron chi connectivity index (χ3n) is 3.02. The lowest BCUT2D eigenvalue weighted by atomic mass is 10.1. The number of anilines is 1. The molecule has 8 heteroatoms. The summed E-state index contributed by atoms with van der Waals surface area (Å²) in [5.74, 6) is 0.301. The van der Waals surface area contributed by atoms with Crippen molar-refractivity contribution in [2.45, 2.75) is 6.61 Å². The van der Waals surface area contributed by atoms with E-state index in [4.69, 9.17) is 21.1 Å². The summed E-state index contributed by atoms with van der Waals surface area (Å²) in [5.41, 5.74) is 0.628. The van der Waals surface area contributed by atoms with Gasteiger partial charge in [-0.1, -0.05) is 11.6 Å². The van der Waals surface area contributed by atoms with Crippen LogP contribution in [0.25, 0.3) is 0 Å². The molecule has 0 radical (unpaired) electrons. The van der Waals surface area contributed by atoms with Gasteiger partial charge in [-0.25, -0.2) is 0 Å². The molecule has 1 amide bonds. The highest BCUT2D eigenvalue weighted by Gasteiger charge is 2.13. The lowest BCUT2D eigenvalue weighted by Crippen LogP contribution is -2.12. The Balaban J connectivity index is 2.19. The summed E-state index contributed by atoms with van der Waals surface area (Å²) in [5, 5.41) is 2.56. The Morgan fingerprint density at radius 1 is 1.08 bits per heavy atom. The van der Waals surface area contributed by atoms with Crippen LogP contribution >= 0.6 is 11.6 Å². The van der Waals surface area contributed by atoms with Gasteiger partial charge in [0.2, 0.25) is 0 Å². The number of amides is 1. The standard InChI is InChI=1S/C16H14ClF2NO4/c1-22-11-5-9(6-12(8-11)23-2)15(21)20-10-3-4-14(13(17)7-10)24-16(18)19/h3-8,16H,1-2H3,(H,20,21). The van der Waals surface area contributed by atoms with Crippen LogP contribution in [0.2, 0.25) is 5.02 Å². The summed E-state index contributed by atoms with van der Waals surface area (Å²) in [7, 11) is 2.94. The second-order valence-corrected chi connectivity index (χ2v) is 4.99. The fraction of sp³-hybridized carbons (Fsp3) is 0.188. The van der Waals surface area contributed by atoms with Crippen molar-refractivity contribution in [1.29, 1.82) is 0 Å². The molecule has 0 atom stereocenters.